The molecule has 2 aromatic heterocycles. The van der Waals surface area contributed by atoms with Gasteiger partial charge in [-0.3, -0.25) is 14.9 Å². The van der Waals surface area contributed by atoms with Crippen LogP contribution in [0.15, 0.2) is 80.7 Å². The Balaban J connectivity index is 1.81. The van der Waals surface area contributed by atoms with Gasteiger partial charge in [-0.15, -0.1) is 0 Å². The molecule has 1 aliphatic rings. The number of amidine groups is 1. The van der Waals surface area contributed by atoms with E-state index < -0.39 is 0 Å². The average molecular weight is 508 g/mol. The fourth-order valence-corrected chi connectivity index (χ4v) is 4.73. The normalized spacial score (nSPS) is 14.1. The molecule has 0 aliphatic heterocycles. The monoisotopic (exact) mass is 507 g/mol. The smallest absolute Gasteiger partial charge is 0.282 e. The van der Waals surface area contributed by atoms with Gasteiger partial charge in [0.2, 0.25) is 0 Å². The molecule has 38 heavy (non-hydrogen) atoms. The summed E-state index contributed by atoms with van der Waals surface area (Å²) in [5.41, 5.74) is 5.36. The largest absolute Gasteiger partial charge is 0.497 e. The van der Waals surface area contributed by atoms with Crippen LogP contribution in [-0.4, -0.2) is 47.5 Å². The zero-order chi connectivity index (χ0) is 26.5. The van der Waals surface area contributed by atoms with Crippen LogP contribution in [0.25, 0.3) is 33.6 Å². The number of hydrogen-bond acceptors (Lipinski definition) is 6. The van der Waals surface area contributed by atoms with Crippen LogP contribution in [0.5, 0.6) is 5.75 Å². The number of anilines is 1. The highest BCUT2D eigenvalue weighted by Gasteiger charge is 2.24. The molecule has 0 bridgehead atoms. The van der Waals surface area contributed by atoms with Gasteiger partial charge < -0.3 is 10.1 Å². The first-order chi connectivity index (χ1) is 18.6. The van der Waals surface area contributed by atoms with Gasteiger partial charge in [0.1, 0.15) is 17.4 Å². The molecule has 2 N–H and O–H groups in total. The third-order valence-corrected chi connectivity index (χ3v) is 6.58. The summed E-state index contributed by atoms with van der Waals surface area (Å²) in [6, 6.07) is 17.3. The minimum atomic E-state index is -0.239. The zero-order valence-electron chi connectivity index (χ0n) is 21.4. The van der Waals surface area contributed by atoms with E-state index in [4.69, 9.17) is 9.72 Å². The Morgan fingerprint density at radius 1 is 1.11 bits per heavy atom. The van der Waals surface area contributed by atoms with Crippen molar-refractivity contribution in [2.24, 2.45) is 15.2 Å². The summed E-state index contributed by atoms with van der Waals surface area (Å²) >= 11 is 0. The minimum Gasteiger partial charge on any atom is -0.497 e. The molecule has 5 rings (SSSR count). The van der Waals surface area contributed by atoms with Gasteiger partial charge in [-0.25, -0.2) is 4.98 Å². The molecular weight excluding hydrogens is 478 g/mol. The average Bonchev–Trinajstić information content (AvgIpc) is 3.36. The Bertz CT molecular complexity index is 1610. The topological polar surface area (TPSA) is 108 Å². The van der Waals surface area contributed by atoms with Crippen molar-refractivity contribution < 1.29 is 4.74 Å². The van der Waals surface area contributed by atoms with Crippen molar-refractivity contribution in [1.82, 2.24) is 14.6 Å². The lowest BCUT2D eigenvalue weighted by Crippen LogP contribution is -2.23. The summed E-state index contributed by atoms with van der Waals surface area (Å²) in [5.74, 6) is 1.45. The second-order valence-corrected chi connectivity index (χ2v) is 8.85. The molecule has 192 valence electrons. The lowest BCUT2D eigenvalue weighted by molar-refractivity contribution is 0.415. The maximum Gasteiger partial charge on any atom is 0.282 e. The first kappa shape index (κ1) is 24.9. The lowest BCUT2D eigenvalue weighted by Gasteiger charge is -2.15. The molecule has 0 saturated heterocycles. The molecule has 2 heterocycles. The standard InChI is InChI=1S/C29H29N7O2/c1-30-23(18-32-31-2)33-27-25(20-14-16-22(38-3)17-15-20)29(37)36-28(34-27)24(19-10-6-4-7-11-19)26(35-36)21-12-8-5-9-13-21/h5,8-10,12-18,35H,2,4,6-7,11H2,1,3H3,(H,30,33)/b32-18-. The third-order valence-electron chi connectivity index (χ3n) is 6.58. The van der Waals surface area contributed by atoms with Crippen LogP contribution in [0.2, 0.25) is 0 Å². The number of aliphatic imine (C=N–C) groups is 1. The van der Waals surface area contributed by atoms with Crippen molar-refractivity contribution in [3.8, 4) is 28.1 Å². The van der Waals surface area contributed by atoms with Gasteiger partial charge >= 0.3 is 0 Å². The number of aromatic nitrogens is 3. The molecule has 0 spiro atoms. The predicted molar refractivity (Wildman–Crippen MR) is 155 cm³/mol. The highest BCUT2D eigenvalue weighted by Crippen LogP contribution is 2.37. The van der Waals surface area contributed by atoms with Crippen molar-refractivity contribution in [3.05, 3.63) is 76.6 Å². The highest BCUT2D eigenvalue weighted by atomic mass is 16.5. The quantitative estimate of drug-likeness (QED) is 0.197. The summed E-state index contributed by atoms with van der Waals surface area (Å²) < 4.78 is 6.86. The molecule has 0 unspecified atom stereocenters. The third kappa shape index (κ3) is 4.78. The molecule has 2 aromatic carbocycles. The number of H-pyrrole nitrogens is 1. The summed E-state index contributed by atoms with van der Waals surface area (Å²) in [6.07, 6.45) is 7.86. The van der Waals surface area contributed by atoms with Gasteiger partial charge in [0, 0.05) is 24.9 Å². The molecule has 0 amide bonds. The molecule has 0 atom stereocenters. The second kappa shape index (κ2) is 11.1. The van der Waals surface area contributed by atoms with Gasteiger partial charge in [-0.05, 0) is 49.0 Å². The number of fused-ring (bicyclic) bond motifs is 1. The van der Waals surface area contributed by atoms with Gasteiger partial charge in [-0.1, -0.05) is 48.5 Å². The van der Waals surface area contributed by atoms with E-state index >= 15 is 0 Å². The summed E-state index contributed by atoms with van der Waals surface area (Å²) in [4.78, 5) is 23.4. The van der Waals surface area contributed by atoms with Gasteiger partial charge in [-0.2, -0.15) is 14.7 Å². The van der Waals surface area contributed by atoms with Crippen molar-refractivity contribution >= 4 is 35.8 Å². The highest BCUT2D eigenvalue weighted by molar-refractivity contribution is 6.35. The van der Waals surface area contributed by atoms with Gasteiger partial charge in [0.05, 0.1) is 24.6 Å². The van der Waals surface area contributed by atoms with Crippen LogP contribution in [0.4, 0.5) is 5.82 Å². The fourth-order valence-electron chi connectivity index (χ4n) is 4.73. The maximum atomic E-state index is 14.2. The zero-order valence-corrected chi connectivity index (χ0v) is 21.4. The Morgan fingerprint density at radius 3 is 2.55 bits per heavy atom. The maximum absolute atomic E-state index is 14.2. The van der Waals surface area contributed by atoms with E-state index in [9.17, 15) is 4.79 Å². The Kier molecular flexibility index (Phi) is 7.26. The minimum absolute atomic E-state index is 0.239. The Morgan fingerprint density at radius 2 is 1.89 bits per heavy atom. The number of methoxy groups -OCH3 is 1. The van der Waals surface area contributed by atoms with E-state index in [-0.39, 0.29) is 5.56 Å². The Hall–Kier alpha value is -4.79. The molecular formula is C29H29N7O2. The van der Waals surface area contributed by atoms with Crippen LogP contribution in [0.3, 0.4) is 0 Å². The van der Waals surface area contributed by atoms with Crippen molar-refractivity contribution in [1.29, 1.82) is 0 Å². The van der Waals surface area contributed by atoms with Gasteiger partial charge in [0.25, 0.3) is 5.56 Å². The van der Waals surface area contributed by atoms with Crippen molar-refractivity contribution in [2.45, 2.75) is 25.7 Å². The van der Waals surface area contributed by atoms with Crippen molar-refractivity contribution in [2.75, 3.05) is 19.5 Å². The fraction of sp³-hybridized carbons (Fsp3) is 0.207. The van der Waals surface area contributed by atoms with Crippen LogP contribution in [0, 0.1) is 0 Å². The van der Waals surface area contributed by atoms with Gasteiger partial charge in [0.15, 0.2) is 5.65 Å². The first-order valence-electron chi connectivity index (χ1n) is 12.5. The molecule has 9 heteroatoms. The van der Waals surface area contributed by atoms with Crippen LogP contribution >= 0.6 is 0 Å². The van der Waals surface area contributed by atoms with Crippen molar-refractivity contribution in [3.63, 3.8) is 0 Å². The van der Waals surface area contributed by atoms with E-state index in [2.05, 4.69) is 38.4 Å². The number of allylic oxidation sites excluding steroid dienone is 2. The molecule has 9 nitrogen and oxygen atoms in total. The van der Waals surface area contributed by atoms with E-state index in [1.807, 2.05) is 54.6 Å². The number of nitrogens with one attached hydrogen (secondary N) is 2. The number of hydrogen-bond donors (Lipinski definition) is 2. The number of rotatable bonds is 7. The van der Waals surface area contributed by atoms with E-state index in [1.165, 1.54) is 11.8 Å². The van der Waals surface area contributed by atoms with E-state index in [0.717, 1.165) is 42.5 Å². The summed E-state index contributed by atoms with van der Waals surface area (Å²) in [6.45, 7) is 3.38. The molecule has 4 aromatic rings. The SMILES string of the molecule is C=N/N=C\C(=NC)Nc1nc2c(C3=CCCCC3)c(-c3ccccc3)[nH]n2c(=O)c1-c1ccc(OC)cc1. The summed E-state index contributed by atoms with van der Waals surface area (Å²) in [5, 5.41) is 13.9. The lowest BCUT2D eigenvalue weighted by atomic mass is 9.92. The summed E-state index contributed by atoms with van der Waals surface area (Å²) in [7, 11) is 3.23. The number of aromatic amines is 1. The molecule has 1 aliphatic carbocycles. The second-order valence-electron chi connectivity index (χ2n) is 8.85. The number of benzene rings is 2. The van der Waals surface area contributed by atoms with E-state index in [0.29, 0.717) is 34.2 Å². The molecule has 0 saturated carbocycles. The predicted octanol–water partition coefficient (Wildman–Crippen LogP) is 5.45. The number of ether oxygens (including phenoxy) is 1. The number of nitrogens with zero attached hydrogens (tertiary/aromatic N) is 5. The van der Waals surface area contributed by atoms with E-state index in [1.54, 1.807) is 18.7 Å². The Labute approximate surface area is 220 Å². The van der Waals surface area contributed by atoms with Crippen LogP contribution in [-0.2, 0) is 0 Å². The van der Waals surface area contributed by atoms with Crippen LogP contribution < -0.4 is 15.6 Å². The first-order valence-corrected chi connectivity index (χ1v) is 12.5. The molecule has 0 fully saturated rings. The molecule has 0 radical (unpaired) electrons. The van der Waals surface area contributed by atoms with Crippen LogP contribution in [0.1, 0.15) is 31.2 Å².